The Morgan fingerprint density at radius 2 is 1.76 bits per heavy atom. The molecule has 0 aromatic rings. The highest BCUT2D eigenvalue weighted by atomic mass is 16.5. The van der Waals surface area contributed by atoms with Crippen molar-refractivity contribution in [1.82, 2.24) is 10.6 Å². The van der Waals surface area contributed by atoms with E-state index in [1.54, 1.807) is 13.8 Å². The Kier molecular flexibility index (Phi) is 6.16. The molecule has 0 radical (unpaired) electrons. The van der Waals surface area contributed by atoms with Gasteiger partial charge in [0.05, 0.1) is 13.2 Å². The van der Waals surface area contributed by atoms with Crippen molar-refractivity contribution in [1.29, 1.82) is 0 Å². The summed E-state index contributed by atoms with van der Waals surface area (Å²) in [6.45, 7) is 9.32. The number of carbonyl (C=O) groups is 2. The van der Waals surface area contributed by atoms with Crippen LogP contribution >= 0.6 is 0 Å². The molecule has 0 aliphatic carbocycles. The van der Waals surface area contributed by atoms with Crippen molar-refractivity contribution in [2.45, 2.75) is 58.7 Å². The van der Waals surface area contributed by atoms with Crippen LogP contribution in [0.4, 0.5) is 0 Å². The number of amides is 1. The summed E-state index contributed by atoms with van der Waals surface area (Å²) < 4.78 is 4.58. The van der Waals surface area contributed by atoms with Gasteiger partial charge in [0.15, 0.2) is 0 Å². The third kappa shape index (κ3) is 5.68. The second-order valence-electron chi connectivity index (χ2n) is 4.86. The van der Waals surface area contributed by atoms with Gasteiger partial charge in [0.2, 0.25) is 5.91 Å². The number of hydrogen-bond acceptors (Lipinski definition) is 4. The number of esters is 1. The van der Waals surface area contributed by atoms with E-state index in [-0.39, 0.29) is 17.4 Å². The van der Waals surface area contributed by atoms with Crippen molar-refractivity contribution < 1.29 is 14.3 Å². The maximum Gasteiger partial charge on any atom is 0.322 e. The fourth-order valence-electron chi connectivity index (χ4n) is 1.23. The lowest BCUT2D eigenvalue weighted by Crippen LogP contribution is -2.53. The van der Waals surface area contributed by atoms with E-state index < -0.39 is 12.1 Å². The molecule has 0 fully saturated rings. The average molecular weight is 244 g/mol. The Balaban J connectivity index is 4.28. The van der Waals surface area contributed by atoms with Crippen molar-refractivity contribution in [3.05, 3.63) is 0 Å². The molecule has 5 nitrogen and oxygen atoms in total. The van der Waals surface area contributed by atoms with Crippen molar-refractivity contribution in [2.24, 2.45) is 0 Å². The average Bonchev–Trinajstić information content (AvgIpc) is 2.27. The summed E-state index contributed by atoms with van der Waals surface area (Å²) in [5, 5.41) is 5.80. The molecule has 0 saturated carbocycles. The van der Waals surface area contributed by atoms with Gasteiger partial charge in [-0.1, -0.05) is 6.92 Å². The summed E-state index contributed by atoms with van der Waals surface area (Å²) in [5.74, 6) is -0.494. The van der Waals surface area contributed by atoms with Gasteiger partial charge < -0.3 is 10.1 Å². The number of rotatable bonds is 6. The Morgan fingerprint density at radius 3 is 2.18 bits per heavy atom. The zero-order chi connectivity index (χ0) is 13.6. The molecule has 0 rings (SSSR count). The highest BCUT2D eigenvalue weighted by Gasteiger charge is 2.24. The normalized spacial score (nSPS) is 14.9. The van der Waals surface area contributed by atoms with Gasteiger partial charge in [-0.05, 0) is 34.1 Å². The molecule has 2 unspecified atom stereocenters. The third-order valence-corrected chi connectivity index (χ3v) is 2.79. The minimum Gasteiger partial charge on any atom is -0.468 e. The van der Waals surface area contributed by atoms with Crippen molar-refractivity contribution in [2.75, 3.05) is 7.11 Å². The van der Waals surface area contributed by atoms with Gasteiger partial charge in [0.25, 0.3) is 0 Å². The van der Waals surface area contributed by atoms with E-state index in [9.17, 15) is 9.59 Å². The Labute approximate surface area is 103 Å². The number of hydrogen-bond donors (Lipinski definition) is 2. The molecule has 100 valence electrons. The van der Waals surface area contributed by atoms with Gasteiger partial charge in [0, 0.05) is 5.54 Å². The molecule has 0 bridgehead atoms. The number of methoxy groups -OCH3 is 1. The molecule has 17 heavy (non-hydrogen) atoms. The highest BCUT2D eigenvalue weighted by molar-refractivity contribution is 5.83. The first-order chi connectivity index (χ1) is 7.73. The van der Waals surface area contributed by atoms with Crippen LogP contribution in [-0.2, 0) is 14.3 Å². The first-order valence-corrected chi connectivity index (χ1v) is 5.89. The Hall–Kier alpha value is -1.10. The molecule has 0 spiro atoms. The summed E-state index contributed by atoms with van der Waals surface area (Å²) in [4.78, 5) is 23.0. The Bertz CT molecular complexity index is 277. The van der Waals surface area contributed by atoms with Crippen molar-refractivity contribution >= 4 is 11.9 Å². The molecule has 2 atom stereocenters. The smallest absolute Gasteiger partial charge is 0.322 e. The third-order valence-electron chi connectivity index (χ3n) is 2.79. The quantitative estimate of drug-likeness (QED) is 0.679. The molecule has 0 aliphatic rings. The highest BCUT2D eigenvalue weighted by Crippen LogP contribution is 2.07. The van der Waals surface area contributed by atoms with Crippen LogP contribution in [0, 0.1) is 0 Å². The van der Waals surface area contributed by atoms with Gasteiger partial charge in [-0.3, -0.25) is 14.9 Å². The summed E-state index contributed by atoms with van der Waals surface area (Å²) in [5.41, 5.74) is -0.235. The van der Waals surface area contributed by atoms with Crippen LogP contribution in [0.3, 0.4) is 0 Å². The molecule has 0 aliphatic heterocycles. The number of ether oxygens (including phenoxy) is 1. The predicted molar refractivity (Wildman–Crippen MR) is 66.6 cm³/mol. The summed E-state index contributed by atoms with van der Waals surface area (Å²) in [6.07, 6.45) is 0.845. The van der Waals surface area contributed by atoms with E-state index in [4.69, 9.17) is 0 Å². The minimum absolute atomic E-state index is 0.118. The zero-order valence-electron chi connectivity index (χ0n) is 11.6. The van der Waals surface area contributed by atoms with Gasteiger partial charge in [-0.25, -0.2) is 0 Å². The molecule has 2 N–H and O–H groups in total. The summed E-state index contributed by atoms with van der Waals surface area (Å²) in [6, 6.07) is -0.930. The van der Waals surface area contributed by atoms with Gasteiger partial charge in [-0.15, -0.1) is 0 Å². The van der Waals surface area contributed by atoms with E-state index in [0.717, 1.165) is 6.42 Å². The fourth-order valence-corrected chi connectivity index (χ4v) is 1.23. The SMILES string of the molecule is CCC(C)(C)NC(=O)C(C)NC(C)C(=O)OC. The van der Waals surface area contributed by atoms with Gasteiger partial charge in [-0.2, -0.15) is 0 Å². The molecular formula is C12H24N2O3. The van der Waals surface area contributed by atoms with E-state index in [2.05, 4.69) is 15.4 Å². The fraction of sp³-hybridized carbons (Fsp3) is 0.833. The van der Waals surface area contributed by atoms with Crippen molar-refractivity contribution in [3.8, 4) is 0 Å². The summed E-state index contributed by atoms with van der Waals surface area (Å²) in [7, 11) is 1.32. The van der Waals surface area contributed by atoms with Crippen LogP contribution in [0.5, 0.6) is 0 Å². The maximum atomic E-state index is 11.8. The first-order valence-electron chi connectivity index (χ1n) is 5.89. The molecule has 5 heteroatoms. The number of carbonyl (C=O) groups excluding carboxylic acids is 2. The van der Waals surface area contributed by atoms with Crippen LogP contribution in [0.1, 0.15) is 41.0 Å². The Morgan fingerprint density at radius 1 is 1.24 bits per heavy atom. The van der Waals surface area contributed by atoms with Crippen molar-refractivity contribution in [3.63, 3.8) is 0 Å². The van der Waals surface area contributed by atoms with Crippen LogP contribution in [0.15, 0.2) is 0 Å². The largest absolute Gasteiger partial charge is 0.468 e. The van der Waals surface area contributed by atoms with Gasteiger partial charge in [0.1, 0.15) is 6.04 Å². The predicted octanol–water partition coefficient (Wildman–Crippen LogP) is 0.831. The van der Waals surface area contributed by atoms with E-state index in [1.165, 1.54) is 7.11 Å². The molecular weight excluding hydrogens is 220 g/mol. The standard InChI is InChI=1S/C12H24N2O3/c1-7-12(4,5)14-10(15)8(2)13-9(3)11(16)17-6/h8-9,13H,7H2,1-6H3,(H,14,15). The molecule has 0 aromatic carbocycles. The topological polar surface area (TPSA) is 67.4 Å². The van der Waals surface area contributed by atoms with Gasteiger partial charge >= 0.3 is 5.97 Å². The van der Waals surface area contributed by atoms with Crippen LogP contribution < -0.4 is 10.6 Å². The second kappa shape index (κ2) is 6.59. The second-order valence-corrected chi connectivity index (χ2v) is 4.86. The van der Waals surface area contributed by atoms with Crippen LogP contribution in [0.2, 0.25) is 0 Å². The number of nitrogens with one attached hydrogen (secondary N) is 2. The molecule has 1 amide bonds. The maximum absolute atomic E-state index is 11.8. The van der Waals surface area contributed by atoms with Crippen LogP contribution in [-0.4, -0.2) is 36.6 Å². The monoisotopic (exact) mass is 244 g/mol. The van der Waals surface area contributed by atoms with E-state index in [1.807, 2.05) is 20.8 Å². The van der Waals surface area contributed by atoms with E-state index >= 15 is 0 Å². The van der Waals surface area contributed by atoms with Crippen LogP contribution in [0.25, 0.3) is 0 Å². The minimum atomic E-state index is -0.495. The summed E-state index contributed by atoms with van der Waals surface area (Å²) >= 11 is 0. The zero-order valence-corrected chi connectivity index (χ0v) is 11.6. The molecule has 0 saturated heterocycles. The lowest BCUT2D eigenvalue weighted by molar-refractivity contribution is -0.143. The lowest BCUT2D eigenvalue weighted by Gasteiger charge is -2.27. The molecule has 0 aromatic heterocycles. The first kappa shape index (κ1) is 15.9. The lowest BCUT2D eigenvalue weighted by atomic mass is 10.0. The molecule has 0 heterocycles. The van der Waals surface area contributed by atoms with E-state index in [0.29, 0.717) is 0 Å².